The van der Waals surface area contributed by atoms with Gasteiger partial charge in [0.15, 0.2) is 12.6 Å². The topological polar surface area (TPSA) is 228 Å². The van der Waals surface area contributed by atoms with E-state index in [1.54, 1.807) is 6.08 Å². The molecule has 0 saturated carbocycles. The number of hydrogen-bond donors (Lipinski definition) is 9. The van der Waals surface area contributed by atoms with Gasteiger partial charge in [0, 0.05) is 6.42 Å². The Morgan fingerprint density at radius 3 is 1.12 bits per heavy atom. The first kappa shape index (κ1) is 89.7. The van der Waals surface area contributed by atoms with Gasteiger partial charge in [0.2, 0.25) is 5.91 Å². The van der Waals surface area contributed by atoms with Crippen LogP contribution in [0.3, 0.4) is 0 Å². The summed E-state index contributed by atoms with van der Waals surface area (Å²) in [5.74, 6) is -0.263. The smallest absolute Gasteiger partial charge is 0.220 e. The molecule has 0 aromatic heterocycles. The third-order valence-electron chi connectivity index (χ3n) is 17.7. The molecule has 12 unspecified atom stereocenters. The summed E-state index contributed by atoms with van der Waals surface area (Å²) in [6.07, 6.45) is 84.5. The third-order valence-corrected chi connectivity index (χ3v) is 17.7. The molecule has 2 aliphatic heterocycles. The number of nitrogens with one attached hydrogen (secondary N) is 1. The SMILES string of the molecule is CC/C=C\C/C=C\C/C=C\C/C=C\C/C=C\C/C=C\C/C=C\C/C=C\C/C=C\C/C=C\CCCCCCCCCCCCC(=O)NC(COC1OC(CO)C(OC2OC(CO)C(O)C(O)C2O)C(O)C1O)C(O)/C=C/CC/C=C/CC/C=C/CCCCCCCCCCCCCCC. The molecule has 14 nitrogen and oxygen atoms in total. The van der Waals surface area contributed by atoms with Gasteiger partial charge in [-0.15, -0.1) is 0 Å². The van der Waals surface area contributed by atoms with Gasteiger partial charge in [0.05, 0.1) is 32.0 Å². The first-order chi connectivity index (χ1) is 48.1. The Morgan fingerprint density at radius 2 is 0.714 bits per heavy atom. The first-order valence-corrected chi connectivity index (χ1v) is 38.7. The Labute approximate surface area is 595 Å². The van der Waals surface area contributed by atoms with Gasteiger partial charge in [-0.25, -0.2) is 0 Å². The summed E-state index contributed by atoms with van der Waals surface area (Å²) < 4.78 is 22.9. The molecule has 0 spiro atoms. The van der Waals surface area contributed by atoms with Crippen LogP contribution in [0.5, 0.6) is 0 Å². The molecule has 0 aromatic carbocycles. The van der Waals surface area contributed by atoms with E-state index in [-0.39, 0.29) is 18.9 Å². The van der Waals surface area contributed by atoms with Crippen molar-refractivity contribution < 1.29 is 64.6 Å². The minimum Gasteiger partial charge on any atom is -0.394 e. The number of aliphatic hydroxyl groups excluding tert-OH is 8. The zero-order chi connectivity index (χ0) is 70.8. The molecule has 14 heteroatoms. The number of amides is 1. The average Bonchev–Trinajstić information content (AvgIpc) is 0.793. The van der Waals surface area contributed by atoms with Crippen molar-refractivity contribution in [3.63, 3.8) is 0 Å². The van der Waals surface area contributed by atoms with Crippen molar-refractivity contribution in [2.24, 2.45) is 0 Å². The molecule has 12 atom stereocenters. The second-order valence-corrected chi connectivity index (χ2v) is 26.4. The number of unbranched alkanes of at least 4 members (excludes halogenated alkanes) is 25. The van der Waals surface area contributed by atoms with Crippen LogP contribution < -0.4 is 5.32 Å². The predicted molar refractivity (Wildman–Crippen MR) is 405 cm³/mol. The lowest BCUT2D eigenvalue weighted by molar-refractivity contribution is -0.359. The lowest BCUT2D eigenvalue weighted by atomic mass is 9.97. The Bertz CT molecular complexity index is 2260. The van der Waals surface area contributed by atoms with Crippen molar-refractivity contribution in [3.8, 4) is 0 Å². The third kappa shape index (κ3) is 48.4. The average molecular weight is 1370 g/mol. The number of aliphatic hydroxyl groups is 8. The largest absolute Gasteiger partial charge is 0.394 e. The van der Waals surface area contributed by atoms with Crippen LogP contribution >= 0.6 is 0 Å². The normalized spacial score (nSPS) is 23.0. The van der Waals surface area contributed by atoms with Crippen LogP contribution in [0.2, 0.25) is 0 Å². The summed E-state index contributed by atoms with van der Waals surface area (Å²) in [5.41, 5.74) is 0. The fraction of sp³-hybridized carbons (Fsp3) is 0.679. The van der Waals surface area contributed by atoms with Crippen LogP contribution in [0.15, 0.2) is 158 Å². The highest BCUT2D eigenvalue weighted by atomic mass is 16.7. The van der Waals surface area contributed by atoms with Crippen molar-refractivity contribution in [1.29, 1.82) is 0 Å². The quantitative estimate of drug-likeness (QED) is 0.0204. The maximum Gasteiger partial charge on any atom is 0.220 e. The number of carbonyl (C=O) groups excluding carboxylic acids is 1. The summed E-state index contributed by atoms with van der Waals surface area (Å²) in [6, 6.07) is -0.953. The van der Waals surface area contributed by atoms with Crippen LogP contribution in [0, 0.1) is 0 Å². The fourth-order valence-corrected chi connectivity index (χ4v) is 11.6. The zero-order valence-corrected chi connectivity index (χ0v) is 61.0. The minimum absolute atomic E-state index is 0.255. The molecular weight excluding hydrogens is 1230 g/mol. The minimum atomic E-state index is -1.80. The number of allylic oxidation sites excluding steroid dienone is 25. The highest BCUT2D eigenvalue weighted by Crippen LogP contribution is 2.30. The van der Waals surface area contributed by atoms with Gasteiger partial charge in [0.1, 0.15) is 48.8 Å². The Morgan fingerprint density at radius 1 is 0.378 bits per heavy atom. The monoisotopic (exact) mass is 1370 g/mol. The Hall–Kier alpha value is -4.39. The van der Waals surface area contributed by atoms with E-state index >= 15 is 0 Å². The van der Waals surface area contributed by atoms with Gasteiger partial charge in [-0.3, -0.25) is 4.79 Å². The van der Waals surface area contributed by atoms with Crippen LogP contribution in [0.4, 0.5) is 0 Å². The Kier molecular flexibility index (Phi) is 60.3. The molecular formula is C84H139NO13. The number of ether oxygens (including phenoxy) is 4. The van der Waals surface area contributed by atoms with E-state index in [0.717, 1.165) is 116 Å². The molecule has 0 radical (unpaired) electrons. The van der Waals surface area contributed by atoms with Crippen LogP contribution in [0.1, 0.15) is 271 Å². The second kappa shape index (κ2) is 65.9. The lowest BCUT2D eigenvalue weighted by Gasteiger charge is -2.46. The van der Waals surface area contributed by atoms with Gasteiger partial charge < -0.3 is 65.1 Å². The molecule has 2 aliphatic rings. The van der Waals surface area contributed by atoms with E-state index in [1.165, 1.54) is 122 Å². The van der Waals surface area contributed by atoms with Crippen molar-refractivity contribution in [3.05, 3.63) is 158 Å². The molecule has 2 heterocycles. The molecule has 0 aliphatic carbocycles. The van der Waals surface area contributed by atoms with E-state index in [1.807, 2.05) is 6.08 Å². The lowest BCUT2D eigenvalue weighted by Crippen LogP contribution is -2.65. The van der Waals surface area contributed by atoms with Crippen molar-refractivity contribution >= 4 is 5.91 Å². The molecule has 0 bridgehead atoms. The predicted octanol–water partition coefficient (Wildman–Crippen LogP) is 17.3. The molecule has 2 fully saturated rings. The fourth-order valence-electron chi connectivity index (χ4n) is 11.6. The van der Waals surface area contributed by atoms with Crippen molar-refractivity contribution in [1.82, 2.24) is 5.32 Å². The highest BCUT2D eigenvalue weighted by Gasteiger charge is 2.51. The maximum atomic E-state index is 13.4. The standard InChI is InChI=1S/C84H139NO13/c1-3-5-7-9-11-13-15-17-19-21-23-25-27-28-29-30-31-32-33-34-35-36-37-38-39-40-41-42-43-44-46-48-50-52-54-56-58-60-62-64-66-68-76(89)85-72(71-95-83-81(94)79(92)82(75(70-87)97-83)98-84-80(93)78(91)77(90)74(69-86)96-84)73(88)67-65-63-61-59-57-55-53-51-49-47-45-26-24-22-20-18-16-14-12-10-8-6-4-2/h5,7,11,13,17,19,23,25,28-29,31-32,34-35,37-38,40-41,43-44,49,51,57,59,65,67,72-75,77-84,86-88,90-94H,3-4,6,8-10,12,14-16,18,20-22,24,26-27,30,33,36,39,42,45-48,50,52-56,58,60-64,66,68-71H2,1-2H3,(H,85,89)/b7-5-,13-11-,19-17-,25-23-,29-28-,32-31-,35-34-,38-37-,41-40-,44-43-,51-49+,59-57+,67-65+. The van der Waals surface area contributed by atoms with E-state index in [2.05, 4.69) is 165 Å². The van der Waals surface area contributed by atoms with E-state index < -0.39 is 86.8 Å². The van der Waals surface area contributed by atoms with E-state index in [9.17, 15) is 45.6 Å². The van der Waals surface area contributed by atoms with E-state index in [4.69, 9.17) is 18.9 Å². The summed E-state index contributed by atoms with van der Waals surface area (Å²) in [5, 5.41) is 87.5. The van der Waals surface area contributed by atoms with Gasteiger partial charge in [0.25, 0.3) is 0 Å². The van der Waals surface area contributed by atoms with E-state index in [0.29, 0.717) is 12.8 Å². The number of hydrogen-bond acceptors (Lipinski definition) is 13. The van der Waals surface area contributed by atoms with Gasteiger partial charge in [-0.05, 0) is 122 Å². The van der Waals surface area contributed by atoms with Crippen molar-refractivity contribution in [2.45, 2.75) is 344 Å². The number of rotatable bonds is 62. The molecule has 9 N–H and O–H groups in total. The van der Waals surface area contributed by atoms with Crippen LogP contribution in [-0.2, 0) is 23.7 Å². The summed E-state index contributed by atoms with van der Waals surface area (Å²) in [7, 11) is 0. The molecule has 1 amide bonds. The molecule has 0 aromatic rings. The van der Waals surface area contributed by atoms with Crippen LogP contribution in [0.25, 0.3) is 0 Å². The summed E-state index contributed by atoms with van der Waals surface area (Å²) in [4.78, 5) is 13.4. The van der Waals surface area contributed by atoms with Crippen LogP contribution in [-0.4, -0.2) is 140 Å². The highest BCUT2D eigenvalue weighted by molar-refractivity contribution is 5.76. The molecule has 2 saturated heterocycles. The second-order valence-electron chi connectivity index (χ2n) is 26.4. The molecule has 2 rings (SSSR count). The van der Waals surface area contributed by atoms with Crippen molar-refractivity contribution in [2.75, 3.05) is 19.8 Å². The van der Waals surface area contributed by atoms with Gasteiger partial charge >= 0.3 is 0 Å². The van der Waals surface area contributed by atoms with Gasteiger partial charge in [-0.1, -0.05) is 300 Å². The maximum absolute atomic E-state index is 13.4. The summed E-state index contributed by atoms with van der Waals surface area (Å²) in [6.45, 7) is 2.67. The molecule has 558 valence electrons. The zero-order valence-electron chi connectivity index (χ0n) is 61.0. The van der Waals surface area contributed by atoms with Gasteiger partial charge in [-0.2, -0.15) is 0 Å². The Balaban J connectivity index is 1.65. The molecule has 98 heavy (non-hydrogen) atoms. The summed E-state index contributed by atoms with van der Waals surface area (Å²) >= 11 is 0. The first-order valence-electron chi connectivity index (χ1n) is 38.7. The number of carbonyl (C=O) groups is 1.